The highest BCUT2D eigenvalue weighted by atomic mass is 16.5. The normalized spacial score (nSPS) is 10.9. The maximum atomic E-state index is 12.7. The van der Waals surface area contributed by atoms with Gasteiger partial charge in [0, 0.05) is 23.3 Å². The van der Waals surface area contributed by atoms with Gasteiger partial charge in [-0.2, -0.15) is 0 Å². The largest absolute Gasteiger partial charge is 0.494 e. The van der Waals surface area contributed by atoms with Crippen LogP contribution in [-0.4, -0.2) is 29.9 Å². The number of aliphatic hydroxyl groups excluding tert-OH is 1. The molecule has 0 heterocycles. The third-order valence-corrected chi connectivity index (χ3v) is 5.10. The van der Waals surface area contributed by atoms with Crippen molar-refractivity contribution in [1.82, 2.24) is 0 Å². The second-order valence-corrected chi connectivity index (χ2v) is 7.53. The van der Waals surface area contributed by atoms with Crippen molar-refractivity contribution in [3.8, 4) is 5.75 Å². The SMILES string of the molecule is O=C(/C=C/c1ccc(C(=O)c2ccc(OCCCCCCO)cc2)cc1)c1ccccc1. The average Bonchev–Trinajstić information content (AvgIpc) is 2.85. The summed E-state index contributed by atoms with van der Waals surface area (Å²) in [5.74, 6) is 0.627. The molecule has 0 unspecified atom stereocenters. The second-order valence-electron chi connectivity index (χ2n) is 7.53. The second kappa shape index (κ2) is 12.4. The molecule has 0 radical (unpaired) electrons. The van der Waals surface area contributed by atoms with Crippen LogP contribution in [0.3, 0.4) is 0 Å². The monoisotopic (exact) mass is 428 g/mol. The number of carbonyl (C=O) groups is 2. The first kappa shape index (κ1) is 23.2. The van der Waals surface area contributed by atoms with Gasteiger partial charge in [0.2, 0.25) is 0 Å². The fourth-order valence-corrected chi connectivity index (χ4v) is 3.24. The first-order chi connectivity index (χ1) is 15.7. The summed E-state index contributed by atoms with van der Waals surface area (Å²) in [6.07, 6.45) is 7.10. The van der Waals surface area contributed by atoms with E-state index in [1.54, 1.807) is 42.5 Å². The lowest BCUT2D eigenvalue weighted by Crippen LogP contribution is -2.02. The molecule has 164 valence electrons. The zero-order valence-electron chi connectivity index (χ0n) is 18.1. The Morgan fingerprint density at radius 1 is 0.719 bits per heavy atom. The van der Waals surface area contributed by atoms with Crippen LogP contribution in [0.5, 0.6) is 5.75 Å². The Hall–Kier alpha value is -3.50. The van der Waals surface area contributed by atoms with Crippen molar-refractivity contribution >= 4 is 17.6 Å². The molecule has 0 aliphatic carbocycles. The lowest BCUT2D eigenvalue weighted by atomic mass is 10.0. The van der Waals surface area contributed by atoms with Crippen LogP contribution >= 0.6 is 0 Å². The molecule has 4 heteroatoms. The molecule has 0 atom stereocenters. The van der Waals surface area contributed by atoms with E-state index < -0.39 is 0 Å². The number of rotatable bonds is 12. The highest BCUT2D eigenvalue weighted by Gasteiger charge is 2.09. The molecule has 32 heavy (non-hydrogen) atoms. The topological polar surface area (TPSA) is 63.6 Å². The summed E-state index contributed by atoms with van der Waals surface area (Å²) < 4.78 is 5.71. The van der Waals surface area contributed by atoms with Crippen molar-refractivity contribution in [3.63, 3.8) is 0 Å². The van der Waals surface area contributed by atoms with Crippen molar-refractivity contribution in [1.29, 1.82) is 0 Å². The van der Waals surface area contributed by atoms with E-state index in [1.165, 1.54) is 6.08 Å². The van der Waals surface area contributed by atoms with Gasteiger partial charge in [-0.3, -0.25) is 9.59 Å². The standard InChI is InChI=1S/C28H28O4/c29-20-6-1-2-7-21-32-26-17-15-25(16-18-26)28(31)24-13-10-22(11-14-24)12-19-27(30)23-8-4-3-5-9-23/h3-5,8-19,29H,1-2,6-7,20-21H2/b19-12+. The third-order valence-electron chi connectivity index (χ3n) is 5.10. The van der Waals surface area contributed by atoms with E-state index in [0.717, 1.165) is 37.0 Å². The van der Waals surface area contributed by atoms with Crippen LogP contribution in [0.25, 0.3) is 6.08 Å². The summed E-state index contributed by atoms with van der Waals surface area (Å²) in [7, 11) is 0. The van der Waals surface area contributed by atoms with Gasteiger partial charge in [0.15, 0.2) is 11.6 Å². The minimum Gasteiger partial charge on any atom is -0.494 e. The van der Waals surface area contributed by atoms with Crippen LogP contribution in [0.1, 0.15) is 57.5 Å². The molecular weight excluding hydrogens is 400 g/mol. The molecule has 0 bridgehead atoms. The summed E-state index contributed by atoms with van der Waals surface area (Å²) >= 11 is 0. The van der Waals surface area contributed by atoms with E-state index in [2.05, 4.69) is 0 Å². The number of benzene rings is 3. The Morgan fingerprint density at radius 3 is 2.00 bits per heavy atom. The molecule has 0 saturated carbocycles. The van der Waals surface area contributed by atoms with Gasteiger partial charge in [0.1, 0.15) is 5.75 Å². The minimum absolute atomic E-state index is 0.0572. The molecule has 0 aromatic heterocycles. The molecule has 0 amide bonds. The molecule has 0 saturated heterocycles. The van der Waals surface area contributed by atoms with Crippen molar-refractivity contribution in [2.75, 3.05) is 13.2 Å². The van der Waals surface area contributed by atoms with Crippen molar-refractivity contribution in [3.05, 3.63) is 107 Å². The minimum atomic E-state index is -0.0588. The van der Waals surface area contributed by atoms with Gasteiger partial charge in [-0.1, -0.05) is 67.1 Å². The Balaban J connectivity index is 1.52. The maximum Gasteiger partial charge on any atom is 0.193 e. The number of hydrogen-bond acceptors (Lipinski definition) is 4. The van der Waals surface area contributed by atoms with Crippen LogP contribution in [0.2, 0.25) is 0 Å². The summed E-state index contributed by atoms with van der Waals surface area (Å²) in [4.78, 5) is 24.9. The first-order valence-corrected chi connectivity index (χ1v) is 10.9. The lowest BCUT2D eigenvalue weighted by Gasteiger charge is -2.07. The molecule has 4 nitrogen and oxygen atoms in total. The first-order valence-electron chi connectivity index (χ1n) is 10.9. The quantitative estimate of drug-likeness (QED) is 0.227. The van der Waals surface area contributed by atoms with Crippen LogP contribution in [0.4, 0.5) is 0 Å². The average molecular weight is 429 g/mol. The number of hydrogen-bond donors (Lipinski definition) is 1. The Labute approximate surface area is 189 Å². The zero-order valence-corrected chi connectivity index (χ0v) is 18.1. The zero-order chi connectivity index (χ0) is 22.6. The summed E-state index contributed by atoms with van der Waals surface area (Å²) in [6.45, 7) is 0.865. The van der Waals surface area contributed by atoms with Crippen LogP contribution in [-0.2, 0) is 0 Å². The van der Waals surface area contributed by atoms with E-state index in [9.17, 15) is 9.59 Å². The predicted molar refractivity (Wildman–Crippen MR) is 127 cm³/mol. The number of ether oxygens (including phenoxy) is 1. The number of ketones is 2. The molecule has 0 spiro atoms. The van der Waals surface area contributed by atoms with E-state index in [1.807, 2.05) is 42.5 Å². The number of aliphatic hydroxyl groups is 1. The van der Waals surface area contributed by atoms with Crippen LogP contribution < -0.4 is 4.74 Å². The van der Waals surface area contributed by atoms with Gasteiger partial charge in [0.05, 0.1) is 6.61 Å². The molecule has 3 rings (SSSR count). The molecule has 3 aromatic carbocycles. The molecule has 0 aliphatic rings. The van der Waals surface area contributed by atoms with E-state index in [-0.39, 0.29) is 18.2 Å². The Bertz CT molecular complexity index is 1020. The Kier molecular flexibility index (Phi) is 8.96. The van der Waals surface area contributed by atoms with Gasteiger partial charge in [-0.15, -0.1) is 0 Å². The highest BCUT2D eigenvalue weighted by Crippen LogP contribution is 2.17. The van der Waals surface area contributed by atoms with Crippen molar-refractivity contribution in [2.45, 2.75) is 25.7 Å². The van der Waals surface area contributed by atoms with Crippen LogP contribution in [0, 0.1) is 0 Å². The van der Waals surface area contributed by atoms with Crippen molar-refractivity contribution in [2.24, 2.45) is 0 Å². The molecule has 1 N–H and O–H groups in total. The molecule has 3 aromatic rings. The van der Waals surface area contributed by atoms with Gasteiger partial charge in [0.25, 0.3) is 0 Å². The van der Waals surface area contributed by atoms with E-state index in [0.29, 0.717) is 23.3 Å². The third kappa shape index (κ3) is 7.03. The van der Waals surface area contributed by atoms with Gasteiger partial charge < -0.3 is 9.84 Å². The Morgan fingerprint density at radius 2 is 1.34 bits per heavy atom. The highest BCUT2D eigenvalue weighted by molar-refractivity contribution is 6.09. The lowest BCUT2D eigenvalue weighted by molar-refractivity contribution is 0.103. The summed E-state index contributed by atoms with van der Waals surface area (Å²) in [5.41, 5.74) is 2.69. The van der Waals surface area contributed by atoms with Crippen molar-refractivity contribution < 1.29 is 19.4 Å². The van der Waals surface area contributed by atoms with E-state index >= 15 is 0 Å². The fraction of sp³-hybridized carbons (Fsp3) is 0.214. The number of unbranched alkanes of at least 4 members (excludes halogenated alkanes) is 3. The molecule has 0 aliphatic heterocycles. The van der Waals surface area contributed by atoms with Gasteiger partial charge >= 0.3 is 0 Å². The maximum absolute atomic E-state index is 12.7. The smallest absolute Gasteiger partial charge is 0.193 e. The molecule has 0 fully saturated rings. The van der Waals surface area contributed by atoms with Gasteiger partial charge in [-0.25, -0.2) is 0 Å². The van der Waals surface area contributed by atoms with E-state index in [4.69, 9.17) is 9.84 Å². The van der Waals surface area contributed by atoms with Gasteiger partial charge in [-0.05, 0) is 55.2 Å². The predicted octanol–water partition coefficient (Wildman–Crippen LogP) is 5.75. The summed E-state index contributed by atoms with van der Waals surface area (Å²) in [5, 5.41) is 8.78. The number of carbonyl (C=O) groups excluding carboxylic acids is 2. The van der Waals surface area contributed by atoms with Crippen LogP contribution in [0.15, 0.2) is 84.9 Å². The summed E-state index contributed by atoms with van der Waals surface area (Å²) in [6, 6.07) is 23.5. The molecular formula is C28H28O4. The number of allylic oxidation sites excluding steroid dienone is 1. The fourth-order valence-electron chi connectivity index (χ4n) is 3.24.